The molecular weight excluding hydrogens is 1170 g/mol. The molecule has 0 fully saturated rings. The Hall–Kier alpha value is -12.1. The van der Waals surface area contributed by atoms with Crippen molar-refractivity contribution in [3.05, 3.63) is 314 Å². The van der Waals surface area contributed by atoms with E-state index in [1.54, 1.807) is 0 Å². The zero-order valence-corrected chi connectivity index (χ0v) is 53.6. The number of fused-ring (bicyclic) bond motifs is 29. The van der Waals surface area contributed by atoms with Gasteiger partial charge in [0.2, 0.25) is 0 Å². The molecule has 0 N–H and O–H groups in total. The lowest BCUT2D eigenvalue weighted by Gasteiger charge is -2.29. The zero-order valence-electron chi connectivity index (χ0n) is 53.6. The number of hydrogen-bond donors (Lipinski definition) is 0. The molecule has 0 unspecified atom stereocenters. The first-order valence-corrected chi connectivity index (χ1v) is 34.2. The summed E-state index contributed by atoms with van der Waals surface area (Å²) < 4.78 is 14.8. The van der Waals surface area contributed by atoms with Crippen molar-refractivity contribution in [3.8, 4) is 66.8 Å². The molecule has 0 bridgehead atoms. The van der Waals surface area contributed by atoms with Crippen LogP contribution >= 0.6 is 0 Å². The first kappa shape index (κ1) is 54.3. The standard InChI is InChI=1S/C95H60O2/c1-3-95(4-2)86-37-20-19-31-70(86)83-50-59(40-47-87(83)95)80-51-60(55-22-7-5-8-23-55)53-84-77-46-44-76-69-42-39-58(49-81(69)67-30-15-18-34-73(67)90(76)94(77)97-92(80)84)62-35-21-36-74-82-48-57(38-41-68(82)66-29-13-16-32-71(66)88(62)74)61-52-79(56-24-9-6-10-25-56)91-85(54-61)78-45-43-75-65-28-12-11-26-63(65)64-27-14-17-33-72(64)89(75)93(78)96-91/h5-54H,3-4H2,1-2H3. The Kier molecular flexibility index (Phi) is 11.5. The predicted molar refractivity (Wildman–Crippen MR) is 413 cm³/mol. The van der Waals surface area contributed by atoms with Gasteiger partial charge in [-0.3, -0.25) is 0 Å². The van der Waals surface area contributed by atoms with E-state index >= 15 is 0 Å². The molecule has 20 aromatic rings. The highest BCUT2D eigenvalue weighted by atomic mass is 16.3. The van der Waals surface area contributed by atoms with Crippen LogP contribution in [0.3, 0.4) is 0 Å². The van der Waals surface area contributed by atoms with E-state index in [1.807, 2.05) is 0 Å². The molecule has 2 heterocycles. The first-order valence-electron chi connectivity index (χ1n) is 34.2. The fourth-order valence-electron chi connectivity index (χ4n) is 17.9. The summed E-state index contributed by atoms with van der Waals surface area (Å²) in [6.07, 6.45) is 2.11. The van der Waals surface area contributed by atoms with Gasteiger partial charge in [0.05, 0.1) is 0 Å². The minimum Gasteiger partial charge on any atom is -0.455 e. The van der Waals surface area contributed by atoms with Gasteiger partial charge in [0.25, 0.3) is 0 Å². The largest absolute Gasteiger partial charge is 0.455 e. The van der Waals surface area contributed by atoms with Gasteiger partial charge in [0, 0.05) is 48.9 Å². The van der Waals surface area contributed by atoms with Crippen molar-refractivity contribution in [1.82, 2.24) is 0 Å². The molecule has 452 valence electrons. The van der Waals surface area contributed by atoms with Gasteiger partial charge < -0.3 is 8.83 Å². The molecular formula is C95H60O2. The van der Waals surface area contributed by atoms with E-state index in [1.165, 1.54) is 131 Å². The monoisotopic (exact) mass is 1230 g/mol. The normalized spacial score (nSPS) is 13.0. The number of rotatable bonds is 7. The van der Waals surface area contributed by atoms with Gasteiger partial charge in [0.15, 0.2) is 0 Å². The molecule has 0 atom stereocenters. The fourth-order valence-corrected chi connectivity index (χ4v) is 17.9. The highest BCUT2D eigenvalue weighted by Gasteiger charge is 2.40. The van der Waals surface area contributed by atoms with Gasteiger partial charge in [-0.2, -0.15) is 0 Å². The van der Waals surface area contributed by atoms with Gasteiger partial charge in [-0.05, 0) is 220 Å². The molecule has 1 aliphatic carbocycles. The molecule has 0 radical (unpaired) electrons. The molecule has 2 heteroatoms. The maximum atomic E-state index is 7.52. The van der Waals surface area contributed by atoms with E-state index < -0.39 is 0 Å². The Morgan fingerprint density at radius 1 is 0.196 bits per heavy atom. The van der Waals surface area contributed by atoms with E-state index in [9.17, 15) is 0 Å². The molecule has 0 saturated heterocycles. The Morgan fingerprint density at radius 2 is 0.546 bits per heavy atom. The third kappa shape index (κ3) is 7.61. The summed E-state index contributed by atoms with van der Waals surface area (Å²) in [5.41, 5.74) is 20.7. The van der Waals surface area contributed by atoms with Gasteiger partial charge in [-0.15, -0.1) is 0 Å². The fraction of sp³-hybridized carbons (Fsp3) is 0.0526. The predicted octanol–water partition coefficient (Wildman–Crippen LogP) is 27.3. The van der Waals surface area contributed by atoms with Gasteiger partial charge in [-0.25, -0.2) is 0 Å². The molecule has 2 aromatic heterocycles. The Balaban J connectivity index is 0.748. The van der Waals surface area contributed by atoms with Crippen LogP contribution in [0.5, 0.6) is 0 Å². The second kappa shape index (κ2) is 20.5. The average Bonchev–Trinajstić information content (AvgIpc) is 1.70. The molecule has 0 amide bonds. The number of benzene rings is 18. The van der Waals surface area contributed by atoms with Crippen LogP contribution in [0.15, 0.2) is 312 Å². The van der Waals surface area contributed by atoms with E-state index in [0.29, 0.717) is 0 Å². The van der Waals surface area contributed by atoms with E-state index in [2.05, 4.69) is 317 Å². The third-order valence-corrected chi connectivity index (χ3v) is 22.5. The van der Waals surface area contributed by atoms with Crippen molar-refractivity contribution in [2.45, 2.75) is 32.1 Å². The summed E-state index contributed by atoms with van der Waals surface area (Å²) >= 11 is 0. The van der Waals surface area contributed by atoms with Gasteiger partial charge in [0.1, 0.15) is 22.3 Å². The molecule has 0 saturated carbocycles. The average molecular weight is 1230 g/mol. The quantitative estimate of drug-likeness (QED) is 0.149. The molecule has 0 aliphatic heterocycles. The molecule has 2 nitrogen and oxygen atoms in total. The molecule has 0 spiro atoms. The smallest absolute Gasteiger partial charge is 0.143 e. The topological polar surface area (TPSA) is 26.3 Å². The van der Waals surface area contributed by atoms with Gasteiger partial charge in [-0.1, -0.05) is 263 Å². The first-order chi connectivity index (χ1) is 48.0. The van der Waals surface area contributed by atoms with Crippen LogP contribution in [0, 0.1) is 0 Å². The minimum absolute atomic E-state index is 0.00673. The summed E-state index contributed by atoms with van der Waals surface area (Å²) in [6.45, 7) is 4.69. The molecule has 18 aromatic carbocycles. The van der Waals surface area contributed by atoms with E-state index in [-0.39, 0.29) is 5.41 Å². The zero-order chi connectivity index (χ0) is 63.8. The maximum Gasteiger partial charge on any atom is 0.143 e. The summed E-state index contributed by atoms with van der Waals surface area (Å²) in [5.74, 6) is 0. The van der Waals surface area contributed by atoms with Crippen molar-refractivity contribution in [2.24, 2.45) is 0 Å². The molecule has 97 heavy (non-hydrogen) atoms. The van der Waals surface area contributed by atoms with Crippen LogP contribution < -0.4 is 0 Å². The second-order valence-electron chi connectivity index (χ2n) is 27.0. The van der Waals surface area contributed by atoms with E-state index in [4.69, 9.17) is 8.83 Å². The van der Waals surface area contributed by atoms with Crippen molar-refractivity contribution < 1.29 is 8.83 Å². The Morgan fingerprint density at radius 3 is 1.15 bits per heavy atom. The summed E-state index contributed by atoms with van der Waals surface area (Å²) in [5, 5.41) is 26.2. The van der Waals surface area contributed by atoms with Crippen molar-refractivity contribution in [1.29, 1.82) is 0 Å². The van der Waals surface area contributed by atoms with Crippen LogP contribution in [0.2, 0.25) is 0 Å². The lowest BCUT2D eigenvalue weighted by molar-refractivity contribution is 0.490. The van der Waals surface area contributed by atoms with Crippen LogP contribution in [0.25, 0.3) is 208 Å². The minimum atomic E-state index is -0.00673. The highest BCUT2D eigenvalue weighted by Crippen LogP contribution is 2.55. The Bertz CT molecular complexity index is 6760. The van der Waals surface area contributed by atoms with E-state index in [0.717, 1.165) is 101 Å². The van der Waals surface area contributed by atoms with Gasteiger partial charge >= 0.3 is 0 Å². The molecule has 21 rings (SSSR count). The second-order valence-corrected chi connectivity index (χ2v) is 27.0. The molecule has 1 aliphatic rings. The van der Waals surface area contributed by atoms with Crippen LogP contribution in [-0.4, -0.2) is 0 Å². The maximum absolute atomic E-state index is 7.52. The lowest BCUT2D eigenvalue weighted by atomic mass is 9.74. The lowest BCUT2D eigenvalue weighted by Crippen LogP contribution is -2.22. The SMILES string of the molecule is CCC1(CC)c2ccccc2-c2cc(-c3cc(-c4ccccc4)cc4c3oc3c4ccc4c5ccc(-c6cccc7c8cc(-c9cc(-c%10ccccc%10)c%10oc%11c(ccc%12c%13ccccc%13c%13ccccc%13c%12%11)c%10c9)ccc8c8ccccc8c67)cc5c5ccccc5c43)ccc21. The Labute approximate surface area is 559 Å². The summed E-state index contributed by atoms with van der Waals surface area (Å²) in [4.78, 5) is 0. The van der Waals surface area contributed by atoms with Crippen LogP contribution in [0.4, 0.5) is 0 Å². The van der Waals surface area contributed by atoms with Crippen molar-refractivity contribution >= 4 is 141 Å². The third-order valence-electron chi connectivity index (χ3n) is 22.5. The summed E-state index contributed by atoms with van der Waals surface area (Å²) in [6, 6.07) is 113. The number of hydrogen-bond acceptors (Lipinski definition) is 2. The summed E-state index contributed by atoms with van der Waals surface area (Å²) in [7, 11) is 0. The van der Waals surface area contributed by atoms with Crippen LogP contribution in [0.1, 0.15) is 37.8 Å². The highest BCUT2D eigenvalue weighted by molar-refractivity contribution is 6.36. The van der Waals surface area contributed by atoms with Crippen molar-refractivity contribution in [2.75, 3.05) is 0 Å². The van der Waals surface area contributed by atoms with Crippen molar-refractivity contribution in [3.63, 3.8) is 0 Å². The number of furan rings is 2. The van der Waals surface area contributed by atoms with Crippen LogP contribution in [-0.2, 0) is 5.41 Å².